The maximum absolute atomic E-state index is 12.5. The van der Waals surface area contributed by atoms with Crippen LogP contribution >= 0.6 is 0 Å². The summed E-state index contributed by atoms with van der Waals surface area (Å²) in [5.74, 6) is 0.122. The van der Waals surface area contributed by atoms with Gasteiger partial charge in [0.05, 0.1) is 11.4 Å². The first-order valence-electron chi connectivity index (χ1n) is 9.08. The molecule has 0 aromatic heterocycles. The van der Waals surface area contributed by atoms with Crippen LogP contribution in [0.4, 0.5) is 21.9 Å². The van der Waals surface area contributed by atoms with E-state index >= 15 is 0 Å². The minimum atomic E-state index is -3.32. The Hall–Kier alpha value is -2.54. The second-order valence-electron chi connectivity index (χ2n) is 6.94. The molecule has 2 aromatic carbocycles. The Labute approximate surface area is 160 Å². The lowest BCUT2D eigenvalue weighted by Gasteiger charge is -2.20. The lowest BCUT2D eigenvalue weighted by molar-refractivity contribution is 0.262. The number of hydrogen-bond donors (Lipinski definition) is 2. The van der Waals surface area contributed by atoms with Crippen LogP contribution in [0.15, 0.2) is 36.4 Å². The lowest BCUT2D eigenvalue weighted by Crippen LogP contribution is -2.31. The highest BCUT2D eigenvalue weighted by Crippen LogP contribution is 2.33. The van der Waals surface area contributed by atoms with Crippen LogP contribution in [0, 0.1) is 13.8 Å². The molecule has 6 nitrogen and oxygen atoms in total. The van der Waals surface area contributed by atoms with Gasteiger partial charge in [0.2, 0.25) is 10.0 Å². The molecule has 0 fully saturated rings. The summed E-state index contributed by atoms with van der Waals surface area (Å²) in [6, 6.07) is 10.9. The highest BCUT2D eigenvalue weighted by molar-refractivity contribution is 7.92. The first kappa shape index (κ1) is 19.2. The highest BCUT2D eigenvalue weighted by atomic mass is 32.2. The third-order valence-electron chi connectivity index (χ3n) is 4.47. The van der Waals surface area contributed by atoms with Crippen molar-refractivity contribution < 1.29 is 13.2 Å². The van der Waals surface area contributed by atoms with E-state index in [1.807, 2.05) is 45.0 Å². The van der Waals surface area contributed by atoms with Crippen molar-refractivity contribution in [1.82, 2.24) is 0 Å². The van der Waals surface area contributed by atoms with Crippen molar-refractivity contribution in [3.63, 3.8) is 0 Å². The van der Waals surface area contributed by atoms with Gasteiger partial charge in [-0.05, 0) is 67.6 Å². The van der Waals surface area contributed by atoms with Gasteiger partial charge in [0.25, 0.3) is 0 Å². The number of rotatable bonds is 5. The number of benzene rings is 2. The molecule has 1 aliphatic rings. The van der Waals surface area contributed by atoms with Crippen LogP contribution in [-0.4, -0.2) is 26.7 Å². The van der Waals surface area contributed by atoms with E-state index in [9.17, 15) is 13.2 Å². The minimum Gasteiger partial charge on any atom is -0.308 e. The van der Waals surface area contributed by atoms with E-state index in [-0.39, 0.29) is 11.8 Å². The maximum atomic E-state index is 12.5. The average molecular weight is 388 g/mol. The van der Waals surface area contributed by atoms with E-state index in [1.165, 1.54) is 4.31 Å². The van der Waals surface area contributed by atoms with E-state index in [0.717, 1.165) is 22.4 Å². The van der Waals surface area contributed by atoms with Crippen LogP contribution in [0.3, 0.4) is 0 Å². The van der Waals surface area contributed by atoms with E-state index in [1.54, 1.807) is 12.1 Å². The first-order valence-corrected chi connectivity index (χ1v) is 10.7. The minimum absolute atomic E-state index is 0.122. The predicted molar refractivity (Wildman–Crippen MR) is 110 cm³/mol. The van der Waals surface area contributed by atoms with Gasteiger partial charge < -0.3 is 10.6 Å². The molecular weight excluding hydrogens is 362 g/mol. The normalized spacial score (nSPS) is 13.4. The van der Waals surface area contributed by atoms with Gasteiger partial charge in [-0.3, -0.25) is 4.31 Å². The number of nitrogens with zero attached hydrogens (tertiary/aromatic N) is 1. The summed E-state index contributed by atoms with van der Waals surface area (Å²) in [6.45, 7) is 6.25. The van der Waals surface area contributed by atoms with E-state index in [4.69, 9.17) is 0 Å². The van der Waals surface area contributed by atoms with Crippen molar-refractivity contribution in [2.45, 2.75) is 33.6 Å². The van der Waals surface area contributed by atoms with Crippen LogP contribution in [0.5, 0.6) is 0 Å². The molecule has 0 saturated heterocycles. The number of hydrogen-bond acceptors (Lipinski definition) is 3. The summed E-state index contributed by atoms with van der Waals surface area (Å²) in [5, 5.41) is 5.61. The van der Waals surface area contributed by atoms with Crippen molar-refractivity contribution in [3.05, 3.63) is 53.1 Å². The monoisotopic (exact) mass is 387 g/mol. The fourth-order valence-electron chi connectivity index (χ4n) is 3.42. The molecule has 7 heteroatoms. The smallest absolute Gasteiger partial charge is 0.308 e. The second kappa shape index (κ2) is 7.60. The Kier molecular flexibility index (Phi) is 5.41. The van der Waals surface area contributed by atoms with Gasteiger partial charge >= 0.3 is 6.03 Å². The number of amides is 2. The number of sulfonamides is 1. The molecule has 1 heterocycles. The zero-order valence-electron chi connectivity index (χ0n) is 15.9. The number of urea groups is 1. The molecule has 0 spiro atoms. The number of carbonyl (C=O) groups excluding carboxylic acids is 1. The largest absolute Gasteiger partial charge is 0.323 e. The van der Waals surface area contributed by atoms with Gasteiger partial charge in [-0.2, -0.15) is 0 Å². The van der Waals surface area contributed by atoms with Crippen LogP contribution in [-0.2, 0) is 16.4 Å². The molecule has 0 radical (unpaired) electrons. The van der Waals surface area contributed by atoms with Crippen LogP contribution in [0.2, 0.25) is 0 Å². The van der Waals surface area contributed by atoms with Gasteiger partial charge in [0.15, 0.2) is 0 Å². The van der Waals surface area contributed by atoms with E-state index in [2.05, 4.69) is 10.6 Å². The third-order valence-corrected chi connectivity index (χ3v) is 6.45. The zero-order chi connectivity index (χ0) is 19.6. The quantitative estimate of drug-likeness (QED) is 0.812. The summed E-state index contributed by atoms with van der Waals surface area (Å²) in [5.41, 5.74) is 5.06. The SMILES string of the molecule is CCCS(=O)(=O)N1CCc2ccc(NC(=O)Nc3cc(C)cc(C)c3)cc21. The number of anilines is 3. The average Bonchev–Trinajstić information content (AvgIpc) is 2.97. The Balaban J connectivity index is 1.76. The molecule has 3 rings (SSSR count). The lowest BCUT2D eigenvalue weighted by atomic mass is 10.1. The van der Waals surface area contributed by atoms with E-state index < -0.39 is 10.0 Å². The fourth-order valence-corrected chi connectivity index (χ4v) is 5.00. The number of aryl methyl sites for hydroxylation is 2. The molecule has 2 N–H and O–H groups in total. The molecule has 144 valence electrons. The summed E-state index contributed by atoms with van der Waals surface area (Å²) in [4.78, 5) is 12.3. The van der Waals surface area contributed by atoms with Crippen molar-refractivity contribution in [3.8, 4) is 0 Å². The molecule has 0 aliphatic carbocycles. The number of carbonyl (C=O) groups is 1. The van der Waals surface area contributed by atoms with E-state index in [0.29, 0.717) is 30.8 Å². The van der Waals surface area contributed by atoms with Crippen LogP contribution in [0.1, 0.15) is 30.0 Å². The summed E-state index contributed by atoms with van der Waals surface area (Å²) in [7, 11) is -3.32. The van der Waals surface area contributed by atoms with Gasteiger partial charge in [-0.15, -0.1) is 0 Å². The number of nitrogens with one attached hydrogen (secondary N) is 2. The van der Waals surface area contributed by atoms with Crippen LogP contribution < -0.4 is 14.9 Å². The van der Waals surface area contributed by atoms with Crippen molar-refractivity contribution in [2.24, 2.45) is 0 Å². The molecular formula is C20H25N3O3S. The Morgan fingerprint density at radius 2 is 1.70 bits per heavy atom. The Morgan fingerprint density at radius 1 is 1.04 bits per heavy atom. The van der Waals surface area contributed by atoms with Crippen molar-refractivity contribution >= 4 is 33.1 Å². The molecule has 2 amide bonds. The fraction of sp³-hybridized carbons (Fsp3) is 0.350. The molecule has 0 atom stereocenters. The summed E-state index contributed by atoms with van der Waals surface area (Å²) < 4.78 is 26.4. The third kappa shape index (κ3) is 4.42. The van der Waals surface area contributed by atoms with Gasteiger partial charge in [0, 0.05) is 17.9 Å². The first-order chi connectivity index (χ1) is 12.8. The number of fused-ring (bicyclic) bond motifs is 1. The van der Waals surface area contributed by atoms with Gasteiger partial charge in [-0.25, -0.2) is 13.2 Å². The Bertz CT molecular complexity index is 950. The standard InChI is InChI=1S/C20H25N3O3S/c1-4-9-27(25,26)23-8-7-16-5-6-17(13-19(16)23)21-20(24)22-18-11-14(2)10-15(3)12-18/h5-6,10-13H,4,7-9H2,1-3H3,(H2,21,22,24). The molecule has 1 aliphatic heterocycles. The summed E-state index contributed by atoms with van der Waals surface area (Å²) >= 11 is 0. The highest BCUT2D eigenvalue weighted by Gasteiger charge is 2.29. The topological polar surface area (TPSA) is 78.5 Å². The van der Waals surface area contributed by atoms with Gasteiger partial charge in [-0.1, -0.05) is 19.1 Å². The Morgan fingerprint density at radius 3 is 2.37 bits per heavy atom. The van der Waals surface area contributed by atoms with Gasteiger partial charge in [0.1, 0.15) is 0 Å². The zero-order valence-corrected chi connectivity index (χ0v) is 16.7. The maximum Gasteiger partial charge on any atom is 0.323 e. The van der Waals surface area contributed by atoms with Crippen molar-refractivity contribution in [1.29, 1.82) is 0 Å². The second-order valence-corrected chi connectivity index (χ2v) is 8.95. The van der Waals surface area contributed by atoms with Crippen molar-refractivity contribution in [2.75, 3.05) is 27.2 Å². The molecule has 0 bridgehead atoms. The molecule has 0 saturated carbocycles. The predicted octanol–water partition coefficient (Wildman–Crippen LogP) is 4.05. The summed E-state index contributed by atoms with van der Waals surface area (Å²) in [6.07, 6.45) is 1.26. The van der Waals surface area contributed by atoms with Crippen LogP contribution in [0.25, 0.3) is 0 Å². The molecule has 0 unspecified atom stereocenters. The molecule has 2 aromatic rings. The molecule has 27 heavy (non-hydrogen) atoms.